The van der Waals surface area contributed by atoms with Crippen molar-refractivity contribution in [3.8, 4) is 11.5 Å². The maximum Gasteiger partial charge on any atom is 0.226 e. The molecule has 0 spiro atoms. The monoisotopic (exact) mass is 402 g/mol. The highest BCUT2D eigenvalue weighted by Crippen LogP contribution is 2.47. The van der Waals surface area contributed by atoms with Crippen LogP contribution in [0.5, 0.6) is 11.5 Å². The van der Waals surface area contributed by atoms with Crippen molar-refractivity contribution in [2.45, 2.75) is 24.8 Å². The number of allylic oxidation sites excluding steroid dienone is 2. The van der Waals surface area contributed by atoms with Gasteiger partial charge in [-0.3, -0.25) is 4.79 Å². The SMILES string of the molecule is COc1cccc([C@@H]2C3=C(C[C@@H](c4ccccc4)CC3=O)Nc3ncnn32)c1OC. The van der Waals surface area contributed by atoms with Crippen LogP contribution in [0.15, 0.2) is 66.1 Å². The largest absolute Gasteiger partial charge is 0.493 e. The van der Waals surface area contributed by atoms with Crippen molar-refractivity contribution in [3.05, 3.63) is 77.3 Å². The van der Waals surface area contributed by atoms with Crippen LogP contribution in [-0.4, -0.2) is 34.8 Å². The molecule has 2 aliphatic rings. The second-order valence-corrected chi connectivity index (χ2v) is 7.47. The molecule has 2 aromatic carbocycles. The molecule has 0 bridgehead atoms. The number of aromatic nitrogens is 3. The molecule has 1 N–H and O–H groups in total. The molecule has 5 rings (SSSR count). The fourth-order valence-electron chi connectivity index (χ4n) is 4.53. The highest BCUT2D eigenvalue weighted by atomic mass is 16.5. The van der Waals surface area contributed by atoms with E-state index in [9.17, 15) is 4.79 Å². The number of ether oxygens (including phenoxy) is 2. The van der Waals surface area contributed by atoms with Crippen molar-refractivity contribution in [2.24, 2.45) is 0 Å². The maximum atomic E-state index is 13.5. The summed E-state index contributed by atoms with van der Waals surface area (Å²) in [5.41, 5.74) is 3.60. The van der Waals surface area contributed by atoms with Crippen LogP contribution in [0.1, 0.15) is 35.9 Å². The first kappa shape index (κ1) is 18.4. The molecule has 0 amide bonds. The zero-order valence-electron chi connectivity index (χ0n) is 16.8. The van der Waals surface area contributed by atoms with Gasteiger partial charge in [-0.05, 0) is 24.0 Å². The van der Waals surface area contributed by atoms with Gasteiger partial charge in [0.1, 0.15) is 12.4 Å². The third-order valence-electron chi connectivity index (χ3n) is 5.86. The number of hydrogen-bond acceptors (Lipinski definition) is 6. The summed E-state index contributed by atoms with van der Waals surface area (Å²) < 4.78 is 12.9. The van der Waals surface area contributed by atoms with E-state index in [0.717, 1.165) is 17.7 Å². The topological polar surface area (TPSA) is 78.3 Å². The Kier molecular flexibility index (Phi) is 4.50. The van der Waals surface area contributed by atoms with Gasteiger partial charge >= 0.3 is 0 Å². The van der Waals surface area contributed by atoms with Crippen LogP contribution in [0.3, 0.4) is 0 Å². The van der Waals surface area contributed by atoms with Gasteiger partial charge in [0.05, 0.1) is 14.2 Å². The average Bonchev–Trinajstić information content (AvgIpc) is 3.25. The summed E-state index contributed by atoms with van der Waals surface area (Å²) in [6.07, 6.45) is 2.69. The van der Waals surface area contributed by atoms with E-state index < -0.39 is 6.04 Å². The zero-order valence-corrected chi connectivity index (χ0v) is 16.8. The van der Waals surface area contributed by atoms with E-state index in [0.29, 0.717) is 29.4 Å². The van der Waals surface area contributed by atoms with Gasteiger partial charge in [-0.25, -0.2) is 4.68 Å². The number of methoxy groups -OCH3 is 2. The smallest absolute Gasteiger partial charge is 0.226 e. The van der Waals surface area contributed by atoms with E-state index in [4.69, 9.17) is 9.47 Å². The van der Waals surface area contributed by atoms with E-state index >= 15 is 0 Å². The van der Waals surface area contributed by atoms with Crippen molar-refractivity contribution in [3.63, 3.8) is 0 Å². The van der Waals surface area contributed by atoms with Crippen LogP contribution in [-0.2, 0) is 4.79 Å². The molecule has 2 atom stereocenters. The van der Waals surface area contributed by atoms with Crippen LogP contribution in [0.2, 0.25) is 0 Å². The summed E-state index contributed by atoms with van der Waals surface area (Å²) in [5, 5.41) is 7.76. The number of benzene rings is 2. The molecule has 7 heteroatoms. The number of anilines is 1. The first-order chi connectivity index (χ1) is 14.7. The molecule has 0 saturated carbocycles. The summed E-state index contributed by atoms with van der Waals surface area (Å²) in [5.74, 6) is 2.06. The van der Waals surface area contributed by atoms with Crippen molar-refractivity contribution >= 4 is 11.7 Å². The highest BCUT2D eigenvalue weighted by molar-refractivity contribution is 6.00. The quantitative estimate of drug-likeness (QED) is 0.717. The Labute approximate surface area is 174 Å². The van der Waals surface area contributed by atoms with Gasteiger partial charge in [0.25, 0.3) is 0 Å². The molecule has 30 heavy (non-hydrogen) atoms. The van der Waals surface area contributed by atoms with Crippen LogP contribution < -0.4 is 14.8 Å². The maximum absolute atomic E-state index is 13.5. The van der Waals surface area contributed by atoms with E-state index in [-0.39, 0.29) is 11.7 Å². The number of Topliss-reactive ketones (excluding diaryl/α,β-unsaturated/α-hetero) is 1. The first-order valence-corrected chi connectivity index (χ1v) is 9.90. The lowest BCUT2D eigenvalue weighted by Gasteiger charge is -2.35. The van der Waals surface area contributed by atoms with E-state index in [1.165, 1.54) is 11.9 Å². The molecule has 2 heterocycles. The molecule has 152 valence electrons. The third-order valence-corrected chi connectivity index (χ3v) is 5.86. The number of rotatable bonds is 4. The summed E-state index contributed by atoms with van der Waals surface area (Å²) in [7, 11) is 3.21. The standard InChI is InChI=1S/C23H22N4O3/c1-29-19-10-6-9-16(22(19)30-2)21-20-17(26-23-24-13-25-27(21)23)11-15(12-18(20)28)14-7-4-3-5-8-14/h3-10,13,15,21H,11-12H2,1-2H3,(H,24,25,26)/t15-,21-/m1/s1. The van der Waals surface area contributed by atoms with E-state index in [1.54, 1.807) is 18.9 Å². The number of nitrogens with zero attached hydrogens (tertiary/aromatic N) is 3. The predicted octanol–water partition coefficient (Wildman–Crippen LogP) is 3.71. The van der Waals surface area contributed by atoms with Crippen LogP contribution in [0.25, 0.3) is 0 Å². The highest BCUT2D eigenvalue weighted by Gasteiger charge is 2.40. The molecule has 1 aromatic heterocycles. The van der Waals surface area contributed by atoms with Crippen LogP contribution >= 0.6 is 0 Å². The Morgan fingerprint density at radius 3 is 2.63 bits per heavy atom. The summed E-state index contributed by atoms with van der Waals surface area (Å²) in [6, 6.07) is 15.4. The van der Waals surface area contributed by atoms with Gasteiger partial charge in [0.2, 0.25) is 5.95 Å². The van der Waals surface area contributed by atoms with Gasteiger partial charge < -0.3 is 14.8 Å². The molecule has 7 nitrogen and oxygen atoms in total. The van der Waals surface area contributed by atoms with Gasteiger partial charge in [-0.15, -0.1) is 0 Å². The van der Waals surface area contributed by atoms with Crippen molar-refractivity contribution in [1.29, 1.82) is 0 Å². The predicted molar refractivity (Wildman–Crippen MR) is 112 cm³/mol. The zero-order chi connectivity index (χ0) is 20.7. The fraction of sp³-hybridized carbons (Fsp3) is 0.261. The van der Waals surface area contributed by atoms with Crippen molar-refractivity contribution in [2.75, 3.05) is 19.5 Å². The van der Waals surface area contributed by atoms with Crippen molar-refractivity contribution < 1.29 is 14.3 Å². The second kappa shape index (κ2) is 7.33. The minimum atomic E-state index is -0.423. The summed E-state index contributed by atoms with van der Waals surface area (Å²) in [4.78, 5) is 17.8. The molecule has 0 saturated heterocycles. The number of nitrogens with one attached hydrogen (secondary N) is 1. The van der Waals surface area contributed by atoms with Crippen LogP contribution in [0, 0.1) is 0 Å². The lowest BCUT2D eigenvalue weighted by Crippen LogP contribution is -2.33. The Morgan fingerprint density at radius 2 is 1.87 bits per heavy atom. The minimum Gasteiger partial charge on any atom is -0.493 e. The third kappa shape index (κ3) is 2.85. The summed E-state index contributed by atoms with van der Waals surface area (Å²) >= 11 is 0. The van der Waals surface area contributed by atoms with Gasteiger partial charge in [-0.2, -0.15) is 10.1 Å². The van der Waals surface area contributed by atoms with E-state index in [1.807, 2.05) is 36.4 Å². The second-order valence-electron chi connectivity index (χ2n) is 7.47. The first-order valence-electron chi connectivity index (χ1n) is 9.90. The number of carbonyl (C=O) groups excluding carboxylic acids is 1. The number of hydrogen-bond donors (Lipinski definition) is 1. The van der Waals surface area contributed by atoms with E-state index in [2.05, 4.69) is 27.5 Å². The minimum absolute atomic E-state index is 0.105. The normalized spacial score (nSPS) is 20.3. The van der Waals surface area contributed by atoms with Gasteiger partial charge in [-0.1, -0.05) is 42.5 Å². The molecule has 3 aromatic rings. The molecule has 1 aliphatic carbocycles. The van der Waals surface area contributed by atoms with Crippen molar-refractivity contribution in [1.82, 2.24) is 14.8 Å². The lowest BCUT2D eigenvalue weighted by molar-refractivity contribution is -0.116. The number of para-hydroxylation sites is 1. The number of fused-ring (bicyclic) bond motifs is 1. The van der Waals surface area contributed by atoms with Gasteiger partial charge in [0, 0.05) is 23.3 Å². The average molecular weight is 402 g/mol. The number of carbonyl (C=O) groups is 1. The Morgan fingerprint density at radius 1 is 1.03 bits per heavy atom. The Balaban J connectivity index is 1.65. The molecule has 0 fully saturated rings. The molecular weight excluding hydrogens is 380 g/mol. The molecule has 0 radical (unpaired) electrons. The Hall–Kier alpha value is -3.61. The Bertz CT molecular complexity index is 1140. The molecular formula is C23H22N4O3. The molecule has 0 unspecified atom stereocenters. The fourth-order valence-corrected chi connectivity index (χ4v) is 4.53. The lowest BCUT2D eigenvalue weighted by atomic mass is 9.78. The van der Waals surface area contributed by atoms with Gasteiger partial charge in [0.15, 0.2) is 17.3 Å². The summed E-state index contributed by atoms with van der Waals surface area (Å²) in [6.45, 7) is 0. The number of ketones is 1. The van der Waals surface area contributed by atoms with Crippen LogP contribution in [0.4, 0.5) is 5.95 Å². The molecule has 1 aliphatic heterocycles.